The normalized spacial score (nSPS) is 12.7. The van der Waals surface area contributed by atoms with Crippen LogP contribution in [0.3, 0.4) is 0 Å². The SMILES string of the molecule is CCOCc1nc(C(C)n2ccc(C)n2)n(-c2ccc(C(C)C)cc2)n1. The van der Waals surface area contributed by atoms with E-state index in [1.165, 1.54) is 5.56 Å². The van der Waals surface area contributed by atoms with Gasteiger partial charge in [-0.2, -0.15) is 5.10 Å². The summed E-state index contributed by atoms with van der Waals surface area (Å²) in [5.41, 5.74) is 3.29. The Hall–Kier alpha value is -2.47. The van der Waals surface area contributed by atoms with Crippen LogP contribution < -0.4 is 0 Å². The summed E-state index contributed by atoms with van der Waals surface area (Å²) >= 11 is 0. The molecule has 0 aliphatic rings. The highest BCUT2D eigenvalue weighted by Crippen LogP contribution is 2.22. The van der Waals surface area contributed by atoms with Gasteiger partial charge in [0.15, 0.2) is 11.6 Å². The first-order valence-corrected chi connectivity index (χ1v) is 9.15. The summed E-state index contributed by atoms with van der Waals surface area (Å²) in [6.07, 6.45) is 1.98. The molecule has 6 nitrogen and oxygen atoms in total. The summed E-state index contributed by atoms with van der Waals surface area (Å²) in [7, 11) is 0. The molecular weight excluding hydrogens is 326 g/mol. The highest BCUT2D eigenvalue weighted by atomic mass is 16.5. The Morgan fingerprint density at radius 1 is 1.04 bits per heavy atom. The molecule has 2 heterocycles. The molecule has 0 bridgehead atoms. The Bertz CT molecular complexity index is 847. The lowest BCUT2D eigenvalue weighted by molar-refractivity contribution is 0.128. The van der Waals surface area contributed by atoms with Crippen LogP contribution in [0.5, 0.6) is 0 Å². The van der Waals surface area contributed by atoms with E-state index >= 15 is 0 Å². The molecule has 0 aliphatic carbocycles. The van der Waals surface area contributed by atoms with Crippen molar-refractivity contribution in [2.45, 2.75) is 53.2 Å². The smallest absolute Gasteiger partial charge is 0.177 e. The van der Waals surface area contributed by atoms with E-state index in [1.807, 2.05) is 35.5 Å². The summed E-state index contributed by atoms with van der Waals surface area (Å²) < 4.78 is 9.33. The van der Waals surface area contributed by atoms with Gasteiger partial charge in [0.1, 0.15) is 12.6 Å². The molecule has 0 spiro atoms. The first kappa shape index (κ1) is 18.3. The third kappa shape index (κ3) is 3.85. The standard InChI is InChI=1S/C20H27N5O/c1-6-26-13-19-21-20(16(5)24-12-11-15(4)22-24)25(23-19)18-9-7-17(8-10-18)14(2)3/h7-12,14,16H,6,13H2,1-5H3. The van der Waals surface area contributed by atoms with Crippen molar-refractivity contribution in [1.29, 1.82) is 0 Å². The minimum Gasteiger partial charge on any atom is -0.374 e. The molecule has 0 saturated carbocycles. The van der Waals surface area contributed by atoms with Crippen LogP contribution in [0.1, 0.15) is 62.6 Å². The van der Waals surface area contributed by atoms with Gasteiger partial charge in [-0.15, -0.1) is 5.10 Å². The van der Waals surface area contributed by atoms with Gasteiger partial charge in [-0.3, -0.25) is 4.68 Å². The fourth-order valence-corrected chi connectivity index (χ4v) is 2.85. The lowest BCUT2D eigenvalue weighted by Crippen LogP contribution is -2.14. The molecule has 0 amide bonds. The summed E-state index contributed by atoms with van der Waals surface area (Å²) in [5, 5.41) is 9.22. The fourth-order valence-electron chi connectivity index (χ4n) is 2.85. The summed E-state index contributed by atoms with van der Waals surface area (Å²) in [5.74, 6) is 2.03. The van der Waals surface area contributed by atoms with Gasteiger partial charge in [0.05, 0.1) is 11.4 Å². The zero-order valence-corrected chi connectivity index (χ0v) is 16.2. The first-order chi connectivity index (χ1) is 12.5. The van der Waals surface area contributed by atoms with Gasteiger partial charge >= 0.3 is 0 Å². The zero-order chi connectivity index (χ0) is 18.7. The maximum Gasteiger partial charge on any atom is 0.177 e. The predicted octanol–water partition coefficient (Wildman–Crippen LogP) is 4.04. The van der Waals surface area contributed by atoms with Crippen molar-refractivity contribution in [3.05, 3.63) is 59.4 Å². The largest absolute Gasteiger partial charge is 0.374 e. The third-order valence-corrected chi connectivity index (χ3v) is 4.43. The molecule has 1 aromatic carbocycles. The van der Waals surface area contributed by atoms with Crippen LogP contribution in [0.25, 0.3) is 5.69 Å². The van der Waals surface area contributed by atoms with E-state index in [0.29, 0.717) is 25.0 Å². The van der Waals surface area contributed by atoms with E-state index in [0.717, 1.165) is 17.2 Å². The molecule has 1 unspecified atom stereocenters. The average Bonchev–Trinajstić information content (AvgIpc) is 3.26. The summed E-state index contributed by atoms with van der Waals surface area (Å²) in [6.45, 7) is 11.5. The van der Waals surface area contributed by atoms with E-state index in [1.54, 1.807) is 0 Å². The monoisotopic (exact) mass is 353 g/mol. The third-order valence-electron chi connectivity index (χ3n) is 4.43. The van der Waals surface area contributed by atoms with Crippen molar-refractivity contribution in [3.8, 4) is 5.69 Å². The van der Waals surface area contributed by atoms with Crippen LogP contribution in [0, 0.1) is 6.92 Å². The minimum absolute atomic E-state index is 0.0312. The second-order valence-electron chi connectivity index (χ2n) is 6.79. The van der Waals surface area contributed by atoms with Gasteiger partial charge in [0.2, 0.25) is 0 Å². The molecular formula is C20H27N5O. The predicted molar refractivity (Wildman–Crippen MR) is 102 cm³/mol. The van der Waals surface area contributed by atoms with Crippen molar-refractivity contribution in [1.82, 2.24) is 24.5 Å². The number of aromatic nitrogens is 5. The molecule has 26 heavy (non-hydrogen) atoms. The van der Waals surface area contributed by atoms with Crippen molar-refractivity contribution in [3.63, 3.8) is 0 Å². The molecule has 2 aromatic heterocycles. The average molecular weight is 353 g/mol. The molecule has 0 aliphatic heterocycles. The number of nitrogens with zero attached hydrogens (tertiary/aromatic N) is 5. The Morgan fingerprint density at radius 2 is 1.77 bits per heavy atom. The Balaban J connectivity index is 2.00. The number of rotatable bonds is 7. The van der Waals surface area contributed by atoms with Gasteiger partial charge in [-0.05, 0) is 50.5 Å². The number of hydrogen-bond donors (Lipinski definition) is 0. The van der Waals surface area contributed by atoms with Gasteiger partial charge in [0, 0.05) is 12.8 Å². The number of ether oxygens (including phenoxy) is 1. The minimum atomic E-state index is -0.0312. The summed E-state index contributed by atoms with van der Waals surface area (Å²) in [4.78, 5) is 4.73. The lowest BCUT2D eigenvalue weighted by atomic mass is 10.0. The molecule has 0 fully saturated rings. The van der Waals surface area contributed by atoms with Crippen LogP contribution in [-0.2, 0) is 11.3 Å². The Labute approximate surface area is 154 Å². The van der Waals surface area contributed by atoms with Gasteiger partial charge in [-0.1, -0.05) is 26.0 Å². The van der Waals surface area contributed by atoms with Crippen LogP contribution in [0.4, 0.5) is 0 Å². The van der Waals surface area contributed by atoms with Crippen molar-refractivity contribution < 1.29 is 4.74 Å². The lowest BCUT2D eigenvalue weighted by Gasteiger charge is -2.14. The first-order valence-electron chi connectivity index (χ1n) is 9.15. The van der Waals surface area contributed by atoms with Gasteiger partial charge in [0.25, 0.3) is 0 Å². The second-order valence-corrected chi connectivity index (χ2v) is 6.79. The highest BCUT2D eigenvalue weighted by molar-refractivity contribution is 5.36. The van der Waals surface area contributed by atoms with E-state index in [9.17, 15) is 0 Å². The number of hydrogen-bond acceptors (Lipinski definition) is 4. The van der Waals surface area contributed by atoms with Crippen LogP contribution >= 0.6 is 0 Å². The van der Waals surface area contributed by atoms with Gasteiger partial charge < -0.3 is 4.74 Å². The summed E-state index contributed by atoms with van der Waals surface area (Å²) in [6, 6.07) is 10.5. The Morgan fingerprint density at radius 3 is 2.35 bits per heavy atom. The number of aryl methyl sites for hydroxylation is 1. The van der Waals surface area contributed by atoms with E-state index in [-0.39, 0.29) is 6.04 Å². The maximum absolute atomic E-state index is 5.50. The maximum atomic E-state index is 5.50. The van der Waals surface area contributed by atoms with Crippen molar-refractivity contribution in [2.24, 2.45) is 0 Å². The van der Waals surface area contributed by atoms with Crippen molar-refractivity contribution in [2.75, 3.05) is 6.61 Å². The number of benzene rings is 1. The van der Waals surface area contributed by atoms with Crippen LogP contribution in [-0.4, -0.2) is 31.2 Å². The van der Waals surface area contributed by atoms with Crippen LogP contribution in [0.15, 0.2) is 36.5 Å². The molecule has 0 saturated heterocycles. The Kier molecular flexibility index (Phi) is 5.52. The zero-order valence-electron chi connectivity index (χ0n) is 16.2. The molecule has 0 radical (unpaired) electrons. The molecule has 0 N–H and O–H groups in total. The molecule has 1 atom stereocenters. The highest BCUT2D eigenvalue weighted by Gasteiger charge is 2.20. The topological polar surface area (TPSA) is 57.8 Å². The quantitative estimate of drug-likeness (QED) is 0.643. The molecule has 6 heteroatoms. The molecule has 3 rings (SSSR count). The van der Waals surface area contributed by atoms with E-state index in [2.05, 4.69) is 55.2 Å². The van der Waals surface area contributed by atoms with Crippen molar-refractivity contribution >= 4 is 0 Å². The van der Waals surface area contributed by atoms with Gasteiger partial charge in [-0.25, -0.2) is 9.67 Å². The molecule has 3 aromatic rings. The second kappa shape index (κ2) is 7.83. The van der Waals surface area contributed by atoms with E-state index < -0.39 is 0 Å². The molecule has 138 valence electrons. The fraction of sp³-hybridized carbons (Fsp3) is 0.450. The van der Waals surface area contributed by atoms with Crippen LogP contribution in [0.2, 0.25) is 0 Å². The van der Waals surface area contributed by atoms with E-state index in [4.69, 9.17) is 9.72 Å².